The molecule has 0 aliphatic carbocycles. The number of hydrogen-bond donors (Lipinski definition) is 1. The van der Waals surface area contributed by atoms with E-state index in [0.29, 0.717) is 17.8 Å². The number of hydrogen-bond acceptors (Lipinski definition) is 5. The lowest BCUT2D eigenvalue weighted by Gasteiger charge is -2.42. The maximum Gasteiger partial charge on any atom is 0.490 e. The standard InChI is InChI=1S/C17H26N2O3.C2HF3O2/c1-18-11-14(12-21-2)17(13-18)5-7-19(8-6-17)16(20)10-15-4-3-9-22-15;3-2(4,5)1(6)7/h3-4,9,14H,5-8,10-13H2,1-2H3;(H,6,7). The third kappa shape index (κ3) is 6.20. The van der Waals surface area contributed by atoms with Gasteiger partial charge in [-0.3, -0.25) is 4.79 Å². The molecule has 1 spiro atoms. The number of carbonyl (C=O) groups is 2. The van der Waals surface area contributed by atoms with E-state index in [0.717, 1.165) is 51.4 Å². The first-order chi connectivity index (χ1) is 13.6. The predicted molar refractivity (Wildman–Crippen MR) is 97.2 cm³/mol. The Hall–Kier alpha value is -2.07. The minimum Gasteiger partial charge on any atom is -0.475 e. The summed E-state index contributed by atoms with van der Waals surface area (Å²) in [6.07, 6.45) is -0.927. The molecular formula is C19H27F3N2O5. The van der Waals surface area contributed by atoms with Crippen LogP contribution in [0.3, 0.4) is 0 Å². The van der Waals surface area contributed by atoms with Gasteiger partial charge >= 0.3 is 12.1 Å². The first-order valence-electron chi connectivity index (χ1n) is 9.35. The van der Waals surface area contributed by atoms with Crippen LogP contribution in [0.15, 0.2) is 22.8 Å². The molecule has 1 amide bonds. The van der Waals surface area contributed by atoms with Crippen LogP contribution < -0.4 is 0 Å². The maximum atomic E-state index is 12.4. The third-order valence-corrected chi connectivity index (χ3v) is 5.61. The first kappa shape index (κ1) is 23.2. The molecular weight excluding hydrogens is 393 g/mol. The summed E-state index contributed by atoms with van der Waals surface area (Å²) in [5.41, 5.74) is 0.326. The molecule has 2 saturated heterocycles. The fraction of sp³-hybridized carbons (Fsp3) is 0.684. The molecule has 0 radical (unpaired) electrons. The van der Waals surface area contributed by atoms with Crippen molar-refractivity contribution < 1.29 is 37.0 Å². The lowest BCUT2D eigenvalue weighted by molar-refractivity contribution is -0.192. The van der Waals surface area contributed by atoms with Crippen LogP contribution in [0.25, 0.3) is 0 Å². The Morgan fingerprint density at radius 3 is 2.45 bits per heavy atom. The van der Waals surface area contributed by atoms with E-state index in [9.17, 15) is 18.0 Å². The Kier molecular flexibility index (Phi) is 7.70. The second-order valence-electron chi connectivity index (χ2n) is 7.65. The van der Waals surface area contributed by atoms with Gasteiger partial charge in [0.2, 0.25) is 5.91 Å². The molecule has 3 rings (SSSR count). The van der Waals surface area contributed by atoms with Gasteiger partial charge in [-0.05, 0) is 37.4 Å². The van der Waals surface area contributed by atoms with Gasteiger partial charge in [0.05, 0.1) is 19.3 Å². The number of ether oxygens (including phenoxy) is 1. The van der Waals surface area contributed by atoms with Gasteiger partial charge in [-0.25, -0.2) is 4.79 Å². The van der Waals surface area contributed by atoms with Gasteiger partial charge in [-0.1, -0.05) is 0 Å². The monoisotopic (exact) mass is 420 g/mol. The van der Waals surface area contributed by atoms with Crippen molar-refractivity contribution in [2.75, 3.05) is 46.9 Å². The number of methoxy groups -OCH3 is 1. The largest absolute Gasteiger partial charge is 0.490 e. The van der Waals surface area contributed by atoms with Crippen molar-refractivity contribution in [2.24, 2.45) is 11.3 Å². The fourth-order valence-electron chi connectivity index (χ4n) is 4.17. The van der Waals surface area contributed by atoms with Crippen LogP contribution in [-0.2, 0) is 20.7 Å². The highest BCUT2D eigenvalue weighted by Crippen LogP contribution is 2.44. The summed E-state index contributed by atoms with van der Waals surface area (Å²) < 4.78 is 42.4. The highest BCUT2D eigenvalue weighted by Gasteiger charge is 2.47. The molecule has 0 bridgehead atoms. The normalized spacial score (nSPS) is 21.7. The molecule has 1 atom stereocenters. The zero-order valence-electron chi connectivity index (χ0n) is 16.6. The predicted octanol–water partition coefficient (Wildman–Crippen LogP) is 2.27. The Morgan fingerprint density at radius 2 is 1.97 bits per heavy atom. The zero-order valence-corrected chi connectivity index (χ0v) is 16.6. The summed E-state index contributed by atoms with van der Waals surface area (Å²) in [4.78, 5) is 25.7. The minimum absolute atomic E-state index is 0.180. The van der Waals surface area contributed by atoms with Gasteiger partial charge in [0, 0.05) is 39.2 Å². The van der Waals surface area contributed by atoms with Crippen LogP contribution in [-0.4, -0.2) is 79.9 Å². The number of carboxylic acids is 1. The smallest absolute Gasteiger partial charge is 0.475 e. The summed E-state index contributed by atoms with van der Waals surface area (Å²) in [5, 5.41) is 7.12. The number of furan rings is 1. The number of likely N-dealkylation sites (tertiary alicyclic amines) is 2. The molecule has 10 heteroatoms. The Labute approximate surface area is 167 Å². The molecule has 2 aliphatic heterocycles. The highest BCUT2D eigenvalue weighted by molar-refractivity contribution is 5.78. The van der Waals surface area contributed by atoms with Gasteiger partial charge in [0.1, 0.15) is 5.76 Å². The zero-order chi connectivity index (χ0) is 21.7. The number of alkyl halides is 3. The molecule has 3 heterocycles. The van der Waals surface area contributed by atoms with Crippen LogP contribution in [0.4, 0.5) is 13.2 Å². The lowest BCUT2D eigenvalue weighted by atomic mass is 9.71. The number of piperidine rings is 1. The minimum atomic E-state index is -5.08. The van der Waals surface area contributed by atoms with E-state index in [1.165, 1.54) is 0 Å². The summed E-state index contributed by atoms with van der Waals surface area (Å²) >= 11 is 0. The molecule has 2 fully saturated rings. The maximum absolute atomic E-state index is 12.4. The topological polar surface area (TPSA) is 83.2 Å². The number of amides is 1. The van der Waals surface area contributed by atoms with Crippen molar-refractivity contribution in [1.29, 1.82) is 0 Å². The molecule has 1 N–H and O–H groups in total. The van der Waals surface area contributed by atoms with Crippen LogP contribution in [0.5, 0.6) is 0 Å². The molecule has 2 aliphatic rings. The fourth-order valence-corrected chi connectivity index (χ4v) is 4.17. The molecule has 0 saturated carbocycles. The number of aliphatic carboxylic acids is 1. The van der Waals surface area contributed by atoms with Crippen LogP contribution >= 0.6 is 0 Å². The number of halogens is 3. The molecule has 1 aromatic heterocycles. The highest BCUT2D eigenvalue weighted by atomic mass is 19.4. The van der Waals surface area contributed by atoms with Crippen molar-refractivity contribution in [2.45, 2.75) is 25.4 Å². The van der Waals surface area contributed by atoms with Crippen molar-refractivity contribution in [3.63, 3.8) is 0 Å². The van der Waals surface area contributed by atoms with E-state index in [1.807, 2.05) is 17.0 Å². The molecule has 7 nitrogen and oxygen atoms in total. The summed E-state index contributed by atoms with van der Waals surface area (Å²) in [6, 6.07) is 3.70. The number of nitrogens with zero attached hydrogens (tertiary/aromatic N) is 2. The Morgan fingerprint density at radius 1 is 1.34 bits per heavy atom. The van der Waals surface area contributed by atoms with Gasteiger partial charge in [-0.15, -0.1) is 0 Å². The quantitative estimate of drug-likeness (QED) is 0.805. The van der Waals surface area contributed by atoms with E-state index in [-0.39, 0.29) is 5.91 Å². The van der Waals surface area contributed by atoms with E-state index >= 15 is 0 Å². The molecule has 29 heavy (non-hydrogen) atoms. The third-order valence-electron chi connectivity index (χ3n) is 5.61. The second kappa shape index (κ2) is 9.62. The Bertz CT molecular complexity index is 670. The molecule has 0 aromatic carbocycles. The molecule has 1 aromatic rings. The van der Waals surface area contributed by atoms with Gasteiger partial charge in [0.25, 0.3) is 0 Å². The average molecular weight is 420 g/mol. The van der Waals surface area contributed by atoms with Crippen molar-refractivity contribution in [1.82, 2.24) is 9.80 Å². The van der Waals surface area contributed by atoms with Crippen molar-refractivity contribution in [3.05, 3.63) is 24.2 Å². The Balaban J connectivity index is 0.000000370. The number of rotatable bonds is 4. The van der Waals surface area contributed by atoms with Gasteiger partial charge in [0.15, 0.2) is 0 Å². The van der Waals surface area contributed by atoms with E-state index in [2.05, 4.69) is 11.9 Å². The first-order valence-corrected chi connectivity index (χ1v) is 9.35. The summed E-state index contributed by atoms with van der Waals surface area (Å²) in [6.45, 7) is 4.77. The van der Waals surface area contributed by atoms with E-state index in [4.69, 9.17) is 19.1 Å². The van der Waals surface area contributed by atoms with Crippen LogP contribution in [0.2, 0.25) is 0 Å². The number of carbonyl (C=O) groups excluding carboxylic acids is 1. The van der Waals surface area contributed by atoms with Gasteiger partial charge in [-0.2, -0.15) is 13.2 Å². The van der Waals surface area contributed by atoms with Crippen LogP contribution in [0, 0.1) is 11.3 Å². The van der Waals surface area contributed by atoms with Gasteiger partial charge < -0.3 is 24.1 Å². The van der Waals surface area contributed by atoms with Crippen molar-refractivity contribution in [3.8, 4) is 0 Å². The average Bonchev–Trinajstić information content (AvgIpc) is 3.24. The van der Waals surface area contributed by atoms with E-state index < -0.39 is 12.1 Å². The lowest BCUT2D eigenvalue weighted by Crippen LogP contribution is -2.47. The summed E-state index contributed by atoms with van der Waals surface area (Å²) in [7, 11) is 3.97. The van der Waals surface area contributed by atoms with E-state index in [1.54, 1.807) is 13.4 Å². The molecule has 1 unspecified atom stereocenters. The molecule has 164 valence electrons. The second-order valence-corrected chi connectivity index (χ2v) is 7.65. The van der Waals surface area contributed by atoms with Crippen molar-refractivity contribution >= 4 is 11.9 Å². The number of carboxylic acid groups (broad SMARTS) is 1. The summed E-state index contributed by atoms with van der Waals surface area (Å²) in [5.74, 6) is -1.24. The SMILES string of the molecule is COCC1CN(C)CC12CCN(C(=O)Cc1ccco1)CC2.O=C(O)C(F)(F)F. The van der Waals surface area contributed by atoms with Crippen LogP contribution in [0.1, 0.15) is 18.6 Å².